The molecule has 2 aromatic rings. The predicted molar refractivity (Wildman–Crippen MR) is 117 cm³/mol. The van der Waals surface area contributed by atoms with Crippen molar-refractivity contribution in [2.75, 3.05) is 37.8 Å². The first-order chi connectivity index (χ1) is 15.3. The maximum atomic E-state index is 13.9. The summed E-state index contributed by atoms with van der Waals surface area (Å²) in [5.41, 5.74) is 2.41. The summed E-state index contributed by atoms with van der Waals surface area (Å²) in [6.45, 7) is 7.38. The summed E-state index contributed by atoms with van der Waals surface area (Å²) >= 11 is 0. The van der Waals surface area contributed by atoms with Crippen LogP contribution >= 0.6 is 0 Å². The molecule has 0 radical (unpaired) electrons. The number of rotatable bonds is 6. The van der Waals surface area contributed by atoms with E-state index in [0.29, 0.717) is 37.6 Å². The van der Waals surface area contributed by atoms with E-state index < -0.39 is 24.5 Å². The van der Waals surface area contributed by atoms with Gasteiger partial charge < -0.3 is 4.90 Å². The number of aromatic nitrogens is 1. The van der Waals surface area contributed by atoms with Crippen LogP contribution in [0.1, 0.15) is 23.6 Å². The fourth-order valence-corrected chi connectivity index (χ4v) is 3.71. The number of nitriles is 1. The van der Waals surface area contributed by atoms with Gasteiger partial charge in [0.25, 0.3) is 0 Å². The molecule has 0 saturated carbocycles. The Morgan fingerprint density at radius 1 is 1.22 bits per heavy atom. The number of benzene rings is 1. The van der Waals surface area contributed by atoms with E-state index in [2.05, 4.69) is 17.6 Å². The van der Waals surface area contributed by atoms with Crippen LogP contribution in [0.3, 0.4) is 0 Å². The Hall–Kier alpha value is -3.18. The summed E-state index contributed by atoms with van der Waals surface area (Å²) < 4.78 is 52.2. The molecule has 2 heterocycles. The van der Waals surface area contributed by atoms with Crippen molar-refractivity contribution in [1.29, 1.82) is 5.26 Å². The van der Waals surface area contributed by atoms with E-state index in [4.69, 9.17) is 5.26 Å². The highest BCUT2D eigenvalue weighted by Gasteiger charge is 2.32. The van der Waals surface area contributed by atoms with Crippen LogP contribution in [0.15, 0.2) is 60.8 Å². The first-order valence-corrected chi connectivity index (χ1v) is 10.2. The van der Waals surface area contributed by atoms with E-state index in [-0.39, 0.29) is 0 Å². The molecular formula is C24H24F4N4. The molecular weight excluding hydrogens is 420 g/mol. The minimum absolute atomic E-state index is 0.329. The second-order valence-electron chi connectivity index (χ2n) is 7.61. The Morgan fingerprint density at radius 2 is 1.94 bits per heavy atom. The monoisotopic (exact) mass is 444 g/mol. The van der Waals surface area contributed by atoms with Gasteiger partial charge in [-0.05, 0) is 47.9 Å². The second-order valence-corrected chi connectivity index (χ2v) is 7.61. The summed E-state index contributed by atoms with van der Waals surface area (Å²) in [6, 6.07) is 11.1. The van der Waals surface area contributed by atoms with Gasteiger partial charge >= 0.3 is 6.18 Å². The number of piperazine rings is 1. The molecule has 0 aliphatic carbocycles. The standard InChI is InChI=1S/C24H24F4N4/c1-3-19(17(2)20-6-4-18(13-29)5-7-20)15-31-10-11-32(16-22(31)12-25)23-9-8-21(14-30-23)24(26,27)28/h3-9,14,22H,2,10-12,15-16H2,1H3/b19-3-/t22-/m1/s1. The summed E-state index contributed by atoms with van der Waals surface area (Å²) in [5, 5.41) is 8.96. The lowest BCUT2D eigenvalue weighted by Gasteiger charge is -2.41. The van der Waals surface area contributed by atoms with Crippen LogP contribution in [-0.4, -0.2) is 48.8 Å². The molecule has 1 aromatic carbocycles. The van der Waals surface area contributed by atoms with Crippen LogP contribution in [0.5, 0.6) is 0 Å². The predicted octanol–water partition coefficient (Wildman–Crippen LogP) is 5.09. The van der Waals surface area contributed by atoms with E-state index >= 15 is 0 Å². The molecule has 0 N–H and O–H groups in total. The zero-order chi connectivity index (χ0) is 23.3. The molecule has 8 heteroatoms. The number of nitrogens with zero attached hydrogens (tertiary/aromatic N) is 4. The molecule has 0 spiro atoms. The van der Waals surface area contributed by atoms with Gasteiger partial charge in [0.1, 0.15) is 12.5 Å². The quantitative estimate of drug-likeness (QED) is 0.460. The van der Waals surface area contributed by atoms with Gasteiger partial charge in [0.05, 0.1) is 23.2 Å². The van der Waals surface area contributed by atoms with Crippen LogP contribution in [0.2, 0.25) is 0 Å². The van der Waals surface area contributed by atoms with Crippen molar-refractivity contribution in [2.24, 2.45) is 0 Å². The van der Waals surface area contributed by atoms with Gasteiger partial charge in [-0.25, -0.2) is 9.37 Å². The van der Waals surface area contributed by atoms with Gasteiger partial charge in [0.15, 0.2) is 0 Å². The van der Waals surface area contributed by atoms with Gasteiger partial charge in [-0.15, -0.1) is 0 Å². The normalized spacial score (nSPS) is 17.8. The van der Waals surface area contributed by atoms with Crippen LogP contribution in [0.4, 0.5) is 23.4 Å². The van der Waals surface area contributed by atoms with Crippen LogP contribution < -0.4 is 4.90 Å². The van der Waals surface area contributed by atoms with E-state index in [9.17, 15) is 17.6 Å². The minimum Gasteiger partial charge on any atom is -0.354 e. The Bertz CT molecular complexity index is 1000. The van der Waals surface area contributed by atoms with Gasteiger partial charge in [-0.2, -0.15) is 18.4 Å². The van der Waals surface area contributed by atoms with E-state index in [1.54, 1.807) is 12.1 Å². The van der Waals surface area contributed by atoms with Crippen molar-refractivity contribution >= 4 is 11.4 Å². The van der Waals surface area contributed by atoms with Crippen molar-refractivity contribution in [3.8, 4) is 6.07 Å². The maximum Gasteiger partial charge on any atom is 0.417 e. The van der Waals surface area contributed by atoms with Crippen LogP contribution in [0, 0.1) is 11.3 Å². The first-order valence-electron chi connectivity index (χ1n) is 10.2. The molecule has 1 aromatic heterocycles. The van der Waals surface area contributed by atoms with Crippen LogP contribution in [-0.2, 0) is 6.18 Å². The minimum atomic E-state index is -4.44. The molecule has 1 saturated heterocycles. The second kappa shape index (κ2) is 9.96. The van der Waals surface area contributed by atoms with Crippen molar-refractivity contribution in [3.05, 3.63) is 77.5 Å². The number of hydrogen-bond acceptors (Lipinski definition) is 4. The van der Waals surface area contributed by atoms with Crippen molar-refractivity contribution < 1.29 is 17.6 Å². The molecule has 0 amide bonds. The lowest BCUT2D eigenvalue weighted by molar-refractivity contribution is -0.137. The van der Waals surface area contributed by atoms with Gasteiger partial charge in [-0.3, -0.25) is 4.90 Å². The Balaban J connectivity index is 1.68. The summed E-state index contributed by atoms with van der Waals surface area (Å²) in [5.74, 6) is 0.407. The van der Waals surface area contributed by atoms with Gasteiger partial charge in [-0.1, -0.05) is 24.8 Å². The van der Waals surface area contributed by atoms with Gasteiger partial charge in [0.2, 0.25) is 0 Å². The Morgan fingerprint density at radius 3 is 2.47 bits per heavy atom. The molecule has 1 atom stereocenters. The highest BCUT2D eigenvalue weighted by Crippen LogP contribution is 2.30. The van der Waals surface area contributed by atoms with E-state index in [0.717, 1.165) is 29.0 Å². The number of anilines is 1. The smallest absolute Gasteiger partial charge is 0.354 e. The summed E-state index contributed by atoms with van der Waals surface area (Å²) in [6.07, 6.45) is -1.68. The lowest BCUT2D eigenvalue weighted by atomic mass is 9.97. The lowest BCUT2D eigenvalue weighted by Crippen LogP contribution is -2.54. The average molecular weight is 444 g/mol. The third kappa shape index (κ3) is 5.35. The molecule has 4 nitrogen and oxygen atoms in total. The Labute approximate surface area is 185 Å². The largest absolute Gasteiger partial charge is 0.417 e. The summed E-state index contributed by atoms with van der Waals surface area (Å²) in [7, 11) is 0. The third-order valence-corrected chi connectivity index (χ3v) is 5.65. The molecule has 0 bridgehead atoms. The highest BCUT2D eigenvalue weighted by molar-refractivity contribution is 5.77. The van der Waals surface area contributed by atoms with Crippen molar-refractivity contribution in [3.63, 3.8) is 0 Å². The Kier molecular flexibility index (Phi) is 7.31. The molecule has 1 aliphatic rings. The summed E-state index contributed by atoms with van der Waals surface area (Å²) in [4.78, 5) is 7.77. The van der Waals surface area contributed by atoms with Crippen molar-refractivity contribution in [2.45, 2.75) is 19.1 Å². The molecule has 32 heavy (non-hydrogen) atoms. The number of pyridine rings is 1. The fourth-order valence-electron chi connectivity index (χ4n) is 3.71. The van der Waals surface area contributed by atoms with E-state index in [1.165, 1.54) is 6.07 Å². The van der Waals surface area contributed by atoms with Gasteiger partial charge in [0, 0.05) is 32.4 Å². The van der Waals surface area contributed by atoms with Crippen LogP contribution in [0.25, 0.3) is 5.57 Å². The first kappa shape index (κ1) is 23.5. The fraction of sp³-hybridized carbons (Fsp3) is 0.333. The van der Waals surface area contributed by atoms with Crippen molar-refractivity contribution in [1.82, 2.24) is 9.88 Å². The number of allylic oxidation sites excluding steroid dienone is 1. The molecule has 1 fully saturated rings. The number of hydrogen-bond donors (Lipinski definition) is 0. The maximum absolute atomic E-state index is 13.9. The molecule has 168 valence electrons. The molecule has 0 unspecified atom stereocenters. The third-order valence-electron chi connectivity index (χ3n) is 5.65. The average Bonchev–Trinajstić information content (AvgIpc) is 2.81. The number of halogens is 4. The molecule has 3 rings (SSSR count). The zero-order valence-electron chi connectivity index (χ0n) is 17.7. The molecule has 1 aliphatic heterocycles. The SMILES string of the molecule is C=C(/C(=C\C)CN1CCN(c2ccc(C(F)(F)F)cn2)C[C@H]1CF)c1ccc(C#N)cc1. The zero-order valence-corrected chi connectivity index (χ0v) is 17.7. The highest BCUT2D eigenvalue weighted by atomic mass is 19.4. The van der Waals surface area contributed by atoms with E-state index in [1.807, 2.05) is 34.9 Å². The number of alkyl halides is 4. The topological polar surface area (TPSA) is 43.2 Å².